The maximum Gasteiger partial charge on any atom is 0.453 e. The molecule has 0 heterocycles. The molecule has 0 aliphatic heterocycles. The molecule has 0 amide bonds. The number of hydrogen-bond acceptors (Lipinski definition) is 3. The first kappa shape index (κ1) is 33.7. The van der Waals surface area contributed by atoms with E-state index in [9.17, 15) is 31.3 Å². The number of unbranched alkanes of at least 4 members (excludes halogenated alkanes) is 6. The summed E-state index contributed by atoms with van der Waals surface area (Å²) in [5, 5.41) is 10.9. The highest BCUT2D eigenvalue weighted by atomic mass is 32.2. The predicted octanol–water partition coefficient (Wildman–Crippen LogP) is 8.99. The number of hydrogen-bond donors (Lipinski definition) is 1. The SMILES string of the molecule is COc1ccc2c(c1)C[C@@H](CCCCCCCCCS(=O)CCCC(F)(F)C(F)(F)F)[C@@H]1[C@@H]2CC[C@]2(C)[C@@H](O)CC[C@@H]12. The Morgan fingerprint density at radius 1 is 0.952 bits per heavy atom. The lowest BCUT2D eigenvalue weighted by Crippen LogP contribution is -2.47. The van der Waals surface area contributed by atoms with E-state index in [1.807, 2.05) is 0 Å². The van der Waals surface area contributed by atoms with Crippen molar-refractivity contribution in [1.29, 1.82) is 0 Å². The molecule has 0 aromatic heterocycles. The standard InChI is InChI=1S/C33H49F5O3S/c1-31-18-16-27-26-13-12-25(41-2)22-24(26)21-23(30(27)28(31)14-15-29(31)39)11-8-6-4-3-5-7-9-19-42(40)20-10-17-32(34,35)33(36,37)38/h12-13,22-23,27-30,39H,3-11,14-21H2,1-2H3/t23-,27-,28+,29+,30-,31+,42?/m1/s1. The van der Waals surface area contributed by atoms with Crippen LogP contribution in [-0.4, -0.2) is 46.1 Å². The number of aliphatic hydroxyl groups is 1. The second-order valence-electron chi connectivity index (χ2n) is 13.4. The van der Waals surface area contributed by atoms with Gasteiger partial charge in [-0.15, -0.1) is 0 Å². The average molecular weight is 621 g/mol. The van der Waals surface area contributed by atoms with Gasteiger partial charge in [-0.1, -0.05) is 51.5 Å². The van der Waals surface area contributed by atoms with Crippen molar-refractivity contribution in [3.63, 3.8) is 0 Å². The van der Waals surface area contributed by atoms with Crippen LogP contribution in [0.2, 0.25) is 0 Å². The van der Waals surface area contributed by atoms with Crippen molar-refractivity contribution in [3.8, 4) is 5.75 Å². The molecule has 7 atom stereocenters. The molecule has 1 aromatic rings. The summed E-state index contributed by atoms with van der Waals surface area (Å²) in [5.74, 6) is -1.12. The van der Waals surface area contributed by atoms with Gasteiger partial charge in [-0.25, -0.2) is 0 Å². The van der Waals surface area contributed by atoms with E-state index in [-0.39, 0.29) is 23.7 Å². The molecule has 42 heavy (non-hydrogen) atoms. The molecule has 2 fully saturated rings. The minimum Gasteiger partial charge on any atom is -0.497 e. The third-order valence-electron chi connectivity index (χ3n) is 10.8. The van der Waals surface area contributed by atoms with Gasteiger partial charge in [-0.2, -0.15) is 22.0 Å². The Balaban J connectivity index is 1.17. The van der Waals surface area contributed by atoms with Gasteiger partial charge < -0.3 is 9.84 Å². The van der Waals surface area contributed by atoms with Gasteiger partial charge in [0.05, 0.1) is 13.2 Å². The number of aliphatic hydroxyl groups excluding tert-OH is 1. The van der Waals surface area contributed by atoms with Crippen LogP contribution in [0.15, 0.2) is 18.2 Å². The summed E-state index contributed by atoms with van der Waals surface area (Å²) in [6.07, 6.45) is 6.39. The molecule has 9 heteroatoms. The first-order valence-corrected chi connectivity index (χ1v) is 17.5. The van der Waals surface area contributed by atoms with Crippen molar-refractivity contribution in [1.82, 2.24) is 0 Å². The minimum atomic E-state index is -5.54. The molecule has 4 rings (SSSR count). The Kier molecular flexibility index (Phi) is 11.4. The highest BCUT2D eigenvalue weighted by Crippen LogP contribution is 2.62. The smallest absolute Gasteiger partial charge is 0.453 e. The fourth-order valence-corrected chi connectivity index (χ4v) is 9.60. The summed E-state index contributed by atoms with van der Waals surface area (Å²) in [4.78, 5) is 0. The molecular weight excluding hydrogens is 571 g/mol. The van der Waals surface area contributed by atoms with Crippen LogP contribution in [0.3, 0.4) is 0 Å². The normalized spacial score (nSPS) is 30.0. The lowest BCUT2D eigenvalue weighted by Gasteiger charge is -2.53. The molecule has 240 valence electrons. The minimum absolute atomic E-state index is 0.0429. The predicted molar refractivity (Wildman–Crippen MR) is 158 cm³/mol. The molecule has 1 aromatic carbocycles. The second-order valence-corrected chi connectivity index (χ2v) is 15.1. The van der Waals surface area contributed by atoms with Crippen LogP contribution < -0.4 is 4.74 Å². The Labute approximate surface area is 250 Å². The maximum atomic E-state index is 13.0. The Morgan fingerprint density at radius 2 is 1.62 bits per heavy atom. The quantitative estimate of drug-likeness (QED) is 0.157. The van der Waals surface area contributed by atoms with Gasteiger partial charge in [0, 0.05) is 28.7 Å². The summed E-state index contributed by atoms with van der Waals surface area (Å²) in [5.41, 5.74) is 2.98. The molecule has 3 aliphatic rings. The summed E-state index contributed by atoms with van der Waals surface area (Å²) >= 11 is 0. The van der Waals surface area contributed by atoms with Gasteiger partial charge in [0.15, 0.2) is 0 Å². The molecule has 0 saturated heterocycles. The van der Waals surface area contributed by atoms with Crippen LogP contribution >= 0.6 is 0 Å². The molecule has 0 spiro atoms. The van der Waals surface area contributed by atoms with Crippen LogP contribution in [0.1, 0.15) is 114 Å². The van der Waals surface area contributed by atoms with Gasteiger partial charge in [-0.05, 0) is 104 Å². The Morgan fingerprint density at radius 3 is 2.31 bits per heavy atom. The number of rotatable bonds is 15. The number of fused-ring (bicyclic) bond motifs is 5. The molecule has 3 nitrogen and oxygen atoms in total. The van der Waals surface area contributed by atoms with Crippen LogP contribution in [0.4, 0.5) is 22.0 Å². The monoisotopic (exact) mass is 620 g/mol. The van der Waals surface area contributed by atoms with Gasteiger partial charge in [0.2, 0.25) is 0 Å². The van der Waals surface area contributed by atoms with Crippen molar-refractivity contribution in [2.24, 2.45) is 23.2 Å². The number of alkyl halides is 5. The fourth-order valence-electron chi connectivity index (χ4n) is 8.40. The molecule has 1 unspecified atom stereocenters. The van der Waals surface area contributed by atoms with E-state index in [4.69, 9.17) is 4.74 Å². The van der Waals surface area contributed by atoms with Gasteiger partial charge >= 0.3 is 12.1 Å². The molecule has 0 radical (unpaired) electrons. The van der Waals surface area contributed by atoms with E-state index in [0.717, 1.165) is 63.5 Å². The third kappa shape index (κ3) is 7.70. The highest BCUT2D eigenvalue weighted by Gasteiger charge is 2.57. The van der Waals surface area contributed by atoms with E-state index in [2.05, 4.69) is 25.1 Å². The van der Waals surface area contributed by atoms with Gasteiger partial charge in [-0.3, -0.25) is 4.21 Å². The Bertz CT molecular complexity index is 1050. The van der Waals surface area contributed by atoms with E-state index < -0.39 is 29.3 Å². The van der Waals surface area contributed by atoms with Crippen molar-refractivity contribution < 1.29 is 36.0 Å². The van der Waals surface area contributed by atoms with Crippen molar-refractivity contribution in [2.45, 2.75) is 127 Å². The number of ether oxygens (including phenoxy) is 1. The summed E-state index contributed by atoms with van der Waals surface area (Å²) in [7, 11) is 0.377. The number of methoxy groups -OCH3 is 1. The number of benzene rings is 1. The molecule has 2 saturated carbocycles. The largest absolute Gasteiger partial charge is 0.497 e. The van der Waals surface area contributed by atoms with Gasteiger partial charge in [0.1, 0.15) is 5.75 Å². The third-order valence-corrected chi connectivity index (χ3v) is 12.3. The summed E-state index contributed by atoms with van der Waals surface area (Å²) in [6.45, 7) is 2.33. The maximum absolute atomic E-state index is 13.0. The Hall–Kier alpha value is -1.22. The fraction of sp³-hybridized carbons (Fsp3) is 0.818. The first-order valence-electron chi connectivity index (χ1n) is 16.0. The van der Waals surface area contributed by atoms with Crippen LogP contribution in [-0.2, 0) is 17.2 Å². The first-order chi connectivity index (χ1) is 19.9. The average Bonchev–Trinajstić information content (AvgIpc) is 3.24. The highest BCUT2D eigenvalue weighted by molar-refractivity contribution is 7.84. The topological polar surface area (TPSA) is 46.5 Å². The van der Waals surface area contributed by atoms with E-state index in [0.29, 0.717) is 35.8 Å². The van der Waals surface area contributed by atoms with E-state index >= 15 is 0 Å². The summed E-state index contributed by atoms with van der Waals surface area (Å²) in [6, 6.07) is 6.63. The van der Waals surface area contributed by atoms with Crippen LogP contribution in [0, 0.1) is 23.2 Å². The molecule has 3 aliphatic carbocycles. The van der Waals surface area contributed by atoms with Crippen molar-refractivity contribution in [2.75, 3.05) is 18.6 Å². The number of halogens is 5. The van der Waals surface area contributed by atoms with E-state index in [1.54, 1.807) is 7.11 Å². The van der Waals surface area contributed by atoms with Gasteiger partial charge in [0.25, 0.3) is 0 Å². The second kappa shape index (κ2) is 14.3. The van der Waals surface area contributed by atoms with E-state index in [1.165, 1.54) is 30.4 Å². The van der Waals surface area contributed by atoms with Crippen molar-refractivity contribution >= 4 is 10.8 Å². The lowest BCUT2D eigenvalue weighted by atomic mass is 9.52. The zero-order valence-corrected chi connectivity index (χ0v) is 26.0. The zero-order chi connectivity index (χ0) is 30.5. The lowest BCUT2D eigenvalue weighted by molar-refractivity contribution is -0.284. The molecule has 1 N–H and O–H groups in total. The summed E-state index contributed by atoms with van der Waals surface area (Å²) < 4.78 is 80.2. The van der Waals surface area contributed by atoms with Crippen LogP contribution in [0.25, 0.3) is 0 Å². The molecular formula is C33H49F5O3S. The zero-order valence-electron chi connectivity index (χ0n) is 25.2. The molecule has 0 bridgehead atoms. The van der Waals surface area contributed by atoms with Crippen molar-refractivity contribution in [3.05, 3.63) is 29.3 Å². The van der Waals surface area contributed by atoms with Crippen LogP contribution in [0.5, 0.6) is 5.75 Å².